The highest BCUT2D eigenvalue weighted by Crippen LogP contribution is 2.12. The fourth-order valence-corrected chi connectivity index (χ4v) is 3.09. The minimum Gasteiger partial charge on any atom is -0.116 e. The zero-order chi connectivity index (χ0) is 6.41. The van der Waals surface area contributed by atoms with Crippen LogP contribution in [0.4, 0.5) is 0 Å². The zero-order valence-corrected chi connectivity index (χ0v) is 9.49. The Balaban J connectivity index is 2.72. The molecule has 0 radical (unpaired) electrons. The Morgan fingerprint density at radius 2 is 1.88 bits per heavy atom. The van der Waals surface area contributed by atoms with E-state index in [-0.39, 0.29) is 0 Å². The van der Waals surface area contributed by atoms with E-state index < -0.39 is 6.04 Å². The number of unbranched alkanes of at least 4 members (excludes halogenated alkanes) is 2. The van der Waals surface area contributed by atoms with Crippen molar-refractivity contribution in [1.82, 2.24) is 0 Å². The van der Waals surface area contributed by atoms with Crippen LogP contribution in [-0.4, -0.2) is 6.04 Å². The van der Waals surface area contributed by atoms with Gasteiger partial charge in [0.2, 0.25) is 0 Å². The Labute approximate surface area is 68.8 Å². The largest absolute Gasteiger partial charge is 0.186 e. The van der Waals surface area contributed by atoms with Gasteiger partial charge in [0.25, 0.3) is 0 Å². The first-order chi connectivity index (χ1) is 3.77. The second-order valence-electron chi connectivity index (χ2n) is 1.89. The third-order valence-electron chi connectivity index (χ3n) is 1.03. The molecular weight excluding hydrogens is 248 g/mol. The predicted octanol–water partition coefficient (Wildman–Crippen LogP) is 3.19. The van der Waals surface area contributed by atoms with Crippen molar-refractivity contribution in [3.8, 4) is 0 Å². The van der Waals surface area contributed by atoms with Crippen LogP contribution in [0, 0.1) is 0 Å². The van der Waals surface area contributed by atoms with E-state index in [0.717, 1.165) is 0 Å². The van der Waals surface area contributed by atoms with E-state index in [0.29, 0.717) is 0 Å². The molecule has 0 aliphatic rings. The van der Waals surface area contributed by atoms with Gasteiger partial charge in [0.15, 0.2) is 6.04 Å². The molecule has 0 atom stereocenters. The van der Waals surface area contributed by atoms with Crippen molar-refractivity contribution in [1.29, 1.82) is 0 Å². The minimum absolute atomic E-state index is 0.577. The van der Waals surface area contributed by atoms with E-state index in [1.54, 1.807) is 0 Å². The van der Waals surface area contributed by atoms with Crippen molar-refractivity contribution in [3.63, 3.8) is 0 Å². The molecule has 0 aromatic heterocycles. The third-order valence-corrected chi connectivity index (χ3v) is 4.62. The summed E-state index contributed by atoms with van der Waals surface area (Å²) >= 11 is 7.12. The highest BCUT2D eigenvalue weighted by atomic mass is 79.9. The van der Waals surface area contributed by atoms with E-state index in [2.05, 4.69) is 37.5 Å². The highest BCUT2D eigenvalue weighted by molar-refractivity contribution is 9.49. The van der Waals surface area contributed by atoms with E-state index >= 15 is 0 Å². The summed E-state index contributed by atoms with van der Waals surface area (Å²) in [5.41, 5.74) is 0. The summed E-state index contributed by atoms with van der Waals surface area (Å²) in [7, 11) is 0. The second-order valence-corrected chi connectivity index (χ2v) is 13.6. The first-order valence-corrected chi connectivity index (χ1v) is 10.2. The summed E-state index contributed by atoms with van der Waals surface area (Å²) in [5.74, 6) is 0. The maximum Gasteiger partial charge on any atom is 0.186 e. The van der Waals surface area contributed by atoms with Crippen molar-refractivity contribution >= 4 is 36.6 Å². The predicted molar refractivity (Wildman–Crippen MR) is 49.3 cm³/mol. The van der Waals surface area contributed by atoms with Crippen LogP contribution in [0.25, 0.3) is 0 Å². The quantitative estimate of drug-likeness (QED) is 0.413. The maximum atomic E-state index is 3.56. The average molecular weight is 260 g/mol. The van der Waals surface area contributed by atoms with Gasteiger partial charge in [-0.25, -0.2) is 0 Å². The molecule has 0 amide bonds. The molecule has 0 fully saturated rings. The lowest BCUT2D eigenvalue weighted by Crippen LogP contribution is -1.88. The van der Waals surface area contributed by atoms with Crippen LogP contribution in [0.3, 0.4) is 0 Å². The lowest BCUT2D eigenvalue weighted by atomic mass is 10.3. The number of hydrogen-bond donors (Lipinski definition) is 0. The van der Waals surface area contributed by atoms with E-state index in [4.69, 9.17) is 0 Å². The summed E-state index contributed by atoms with van der Waals surface area (Å²) in [6.45, 7) is 2.24. The average Bonchev–Trinajstić information content (AvgIpc) is 1.66. The monoisotopic (exact) mass is 258 g/mol. The molecule has 3 heteroatoms. The van der Waals surface area contributed by atoms with Crippen LogP contribution in [0.5, 0.6) is 0 Å². The summed E-state index contributed by atoms with van der Waals surface area (Å²) in [6, 6.07) is 0.806. The Morgan fingerprint density at radius 3 is 2.25 bits per heavy atom. The number of rotatable bonds is 4. The molecule has 0 aromatic rings. The van der Waals surface area contributed by atoms with Crippen molar-refractivity contribution in [2.75, 3.05) is 0 Å². The number of hydrogen-bond acceptors (Lipinski definition) is 0. The molecule has 0 unspecified atom stereocenters. The lowest BCUT2D eigenvalue weighted by Gasteiger charge is -1.95. The first kappa shape index (κ1) is 9.18. The SMILES string of the molecule is CCCCC[SiH](Br)Br. The van der Waals surface area contributed by atoms with Gasteiger partial charge in [0, 0.05) is 0 Å². The molecule has 0 nitrogen and oxygen atoms in total. The van der Waals surface area contributed by atoms with Crippen molar-refractivity contribution in [2.45, 2.75) is 32.2 Å². The number of halogens is 2. The lowest BCUT2D eigenvalue weighted by molar-refractivity contribution is 0.770. The molecule has 0 spiro atoms. The van der Waals surface area contributed by atoms with Gasteiger partial charge in [-0.05, 0) is 6.04 Å². The first-order valence-electron chi connectivity index (χ1n) is 3.05. The van der Waals surface area contributed by atoms with Gasteiger partial charge in [-0.15, -0.1) is 30.6 Å². The Kier molecular flexibility index (Phi) is 7.23. The molecule has 0 aromatic carbocycles. The molecule has 0 saturated carbocycles. The highest BCUT2D eigenvalue weighted by Gasteiger charge is 1.97. The summed E-state index contributed by atoms with van der Waals surface area (Å²) in [6.07, 6.45) is 4.12. The standard InChI is InChI=1S/C5H12Br2Si/c1-2-3-4-5-8(6)7/h8H,2-5H2,1H3. The Morgan fingerprint density at radius 1 is 1.25 bits per heavy atom. The van der Waals surface area contributed by atoms with Crippen LogP contribution in [0.15, 0.2) is 0 Å². The summed E-state index contributed by atoms with van der Waals surface area (Å²) in [5, 5.41) is 0. The van der Waals surface area contributed by atoms with Crippen molar-refractivity contribution < 1.29 is 0 Å². The third kappa shape index (κ3) is 7.18. The summed E-state index contributed by atoms with van der Waals surface area (Å²) in [4.78, 5) is 0. The van der Waals surface area contributed by atoms with E-state index in [9.17, 15) is 0 Å². The van der Waals surface area contributed by atoms with Gasteiger partial charge in [0.1, 0.15) is 0 Å². The molecule has 0 aliphatic carbocycles. The zero-order valence-electron chi connectivity index (χ0n) is 5.16. The van der Waals surface area contributed by atoms with Crippen molar-refractivity contribution in [2.24, 2.45) is 0 Å². The Hall–Kier alpha value is 1.18. The van der Waals surface area contributed by atoms with Crippen LogP contribution in [0.2, 0.25) is 6.04 Å². The van der Waals surface area contributed by atoms with Crippen molar-refractivity contribution in [3.05, 3.63) is 0 Å². The maximum absolute atomic E-state index is 3.56. The van der Waals surface area contributed by atoms with Gasteiger partial charge in [-0.1, -0.05) is 26.2 Å². The molecule has 0 heterocycles. The smallest absolute Gasteiger partial charge is 0.116 e. The molecule has 0 aliphatic heterocycles. The van der Waals surface area contributed by atoms with E-state index in [1.807, 2.05) is 0 Å². The van der Waals surface area contributed by atoms with Crippen LogP contribution >= 0.6 is 30.6 Å². The normalized spacial score (nSPS) is 10.5. The van der Waals surface area contributed by atoms with E-state index in [1.165, 1.54) is 25.3 Å². The molecular formula is C5H12Br2Si. The molecule has 8 heavy (non-hydrogen) atoms. The summed E-state index contributed by atoms with van der Waals surface area (Å²) < 4.78 is 0. The molecule has 0 saturated heterocycles. The fraction of sp³-hybridized carbons (Fsp3) is 1.00. The van der Waals surface area contributed by atoms with Crippen LogP contribution in [0.1, 0.15) is 26.2 Å². The molecule has 0 N–H and O–H groups in total. The van der Waals surface area contributed by atoms with Gasteiger partial charge < -0.3 is 0 Å². The second kappa shape index (κ2) is 6.30. The van der Waals surface area contributed by atoms with Crippen LogP contribution < -0.4 is 0 Å². The topological polar surface area (TPSA) is 0 Å². The van der Waals surface area contributed by atoms with Gasteiger partial charge >= 0.3 is 0 Å². The minimum atomic E-state index is -0.577. The molecule has 0 bridgehead atoms. The molecule has 50 valence electrons. The Bertz CT molecular complexity index is 47.7. The van der Waals surface area contributed by atoms with Gasteiger partial charge in [-0.3, -0.25) is 0 Å². The molecule has 0 rings (SSSR count). The van der Waals surface area contributed by atoms with Crippen LogP contribution in [-0.2, 0) is 0 Å². The van der Waals surface area contributed by atoms with Gasteiger partial charge in [0.05, 0.1) is 0 Å². The fourth-order valence-electron chi connectivity index (χ4n) is 0.549. The van der Waals surface area contributed by atoms with Gasteiger partial charge in [-0.2, -0.15) is 0 Å².